The van der Waals surface area contributed by atoms with Gasteiger partial charge in [-0.3, -0.25) is 14.3 Å². The lowest BCUT2D eigenvalue weighted by Crippen LogP contribution is -2.39. The molecule has 9 heteroatoms. The Bertz CT molecular complexity index is 1120. The lowest BCUT2D eigenvalue weighted by molar-refractivity contribution is -0.124. The van der Waals surface area contributed by atoms with Gasteiger partial charge in [0.25, 0.3) is 5.91 Å². The smallest absolute Gasteiger partial charge is 0.254 e. The fourth-order valence-corrected chi connectivity index (χ4v) is 3.62. The Balaban J connectivity index is 1.90. The Morgan fingerprint density at radius 1 is 1.39 bits per heavy atom. The van der Waals surface area contributed by atoms with Crippen molar-refractivity contribution in [2.75, 3.05) is 5.32 Å². The molecular formula is C24H29ClFN5O2. The van der Waals surface area contributed by atoms with E-state index in [1.54, 1.807) is 47.8 Å². The molecule has 1 aromatic heterocycles. The van der Waals surface area contributed by atoms with Crippen molar-refractivity contribution in [3.05, 3.63) is 69.8 Å². The van der Waals surface area contributed by atoms with Crippen molar-refractivity contribution in [2.45, 2.75) is 46.8 Å². The number of rotatable bonds is 5. The number of allylic oxidation sites excluding steroid dienone is 3. The van der Waals surface area contributed by atoms with Crippen molar-refractivity contribution in [3.63, 3.8) is 0 Å². The highest BCUT2D eigenvalue weighted by atomic mass is 35.5. The molecular weight excluding hydrogens is 445 g/mol. The number of aryl methyl sites for hydroxylation is 1. The summed E-state index contributed by atoms with van der Waals surface area (Å²) in [5.41, 5.74) is 2.11. The molecule has 1 aliphatic rings. The van der Waals surface area contributed by atoms with E-state index in [9.17, 15) is 14.0 Å². The second kappa shape index (κ2) is 10.2. The van der Waals surface area contributed by atoms with Crippen LogP contribution in [0.3, 0.4) is 0 Å². The summed E-state index contributed by atoms with van der Waals surface area (Å²) in [5, 5.41) is 10.9. The van der Waals surface area contributed by atoms with E-state index in [-0.39, 0.29) is 35.9 Å². The number of anilines is 1. The van der Waals surface area contributed by atoms with Gasteiger partial charge in [-0.2, -0.15) is 5.10 Å². The van der Waals surface area contributed by atoms with Crippen LogP contribution in [0.25, 0.3) is 0 Å². The third kappa shape index (κ3) is 5.45. The van der Waals surface area contributed by atoms with Crippen LogP contribution >= 0.6 is 11.6 Å². The average Bonchev–Trinajstić information content (AvgIpc) is 3.06. The molecule has 3 rings (SSSR count). The SMILES string of the molecule is C/C=C(Cl)\C=C1\Nc2c(cnn2C)CN(C(=O)c2ccc(CNC(=O)C(C)C)c(F)c2)C1C. The van der Waals surface area contributed by atoms with Crippen LogP contribution in [0, 0.1) is 11.7 Å². The lowest BCUT2D eigenvalue weighted by Gasteiger charge is -2.28. The summed E-state index contributed by atoms with van der Waals surface area (Å²) >= 11 is 6.25. The minimum absolute atomic E-state index is 0.0646. The number of hydrogen-bond acceptors (Lipinski definition) is 4. The number of fused-ring (bicyclic) bond motifs is 1. The molecule has 33 heavy (non-hydrogen) atoms. The lowest BCUT2D eigenvalue weighted by atomic mass is 10.1. The van der Waals surface area contributed by atoms with Crippen LogP contribution in [-0.4, -0.2) is 32.5 Å². The van der Waals surface area contributed by atoms with E-state index < -0.39 is 5.82 Å². The highest BCUT2D eigenvalue weighted by molar-refractivity contribution is 6.31. The molecule has 0 bridgehead atoms. The van der Waals surface area contributed by atoms with Crippen LogP contribution in [0.1, 0.15) is 49.2 Å². The van der Waals surface area contributed by atoms with Crippen LogP contribution < -0.4 is 10.6 Å². The molecule has 7 nitrogen and oxygen atoms in total. The van der Waals surface area contributed by atoms with E-state index in [1.807, 2.05) is 20.9 Å². The van der Waals surface area contributed by atoms with Crippen LogP contribution in [0.5, 0.6) is 0 Å². The predicted molar refractivity (Wildman–Crippen MR) is 127 cm³/mol. The molecule has 0 radical (unpaired) electrons. The van der Waals surface area contributed by atoms with Crippen molar-refractivity contribution in [1.82, 2.24) is 20.0 Å². The summed E-state index contributed by atoms with van der Waals surface area (Å²) in [6, 6.07) is 3.98. The first-order valence-corrected chi connectivity index (χ1v) is 11.2. The van der Waals surface area contributed by atoms with Crippen LogP contribution in [0.4, 0.5) is 10.2 Å². The van der Waals surface area contributed by atoms with Crippen molar-refractivity contribution in [3.8, 4) is 0 Å². The Morgan fingerprint density at radius 3 is 2.76 bits per heavy atom. The Labute approximate surface area is 198 Å². The summed E-state index contributed by atoms with van der Waals surface area (Å²) in [4.78, 5) is 26.9. The second-order valence-electron chi connectivity index (χ2n) is 8.33. The zero-order valence-electron chi connectivity index (χ0n) is 19.4. The van der Waals surface area contributed by atoms with Crippen LogP contribution in [0.2, 0.25) is 0 Å². The number of benzene rings is 1. The summed E-state index contributed by atoms with van der Waals surface area (Å²) in [6.45, 7) is 7.62. The van der Waals surface area contributed by atoms with Gasteiger partial charge in [-0.25, -0.2) is 4.39 Å². The zero-order chi connectivity index (χ0) is 24.3. The van der Waals surface area contributed by atoms with Gasteiger partial charge in [-0.05, 0) is 32.1 Å². The third-order valence-corrected chi connectivity index (χ3v) is 5.97. The molecule has 0 saturated carbocycles. The Morgan fingerprint density at radius 2 is 2.12 bits per heavy atom. The zero-order valence-corrected chi connectivity index (χ0v) is 20.2. The highest BCUT2D eigenvalue weighted by Crippen LogP contribution is 2.29. The molecule has 1 aromatic carbocycles. The Kier molecular flexibility index (Phi) is 7.58. The van der Waals surface area contributed by atoms with E-state index in [0.29, 0.717) is 17.1 Å². The minimum Gasteiger partial charge on any atom is -0.352 e. The van der Waals surface area contributed by atoms with E-state index in [1.165, 1.54) is 12.1 Å². The standard InChI is InChI=1S/C24H29ClFN5O2/c1-6-19(25)10-21-15(4)31(13-18-12-28-30(5)22(18)29-21)24(33)16-7-8-17(20(26)9-16)11-27-23(32)14(2)3/h6-10,12,14-15,29H,11,13H2,1-5H3,(H,27,32)/b19-6+,21-10+. The summed E-state index contributed by atoms with van der Waals surface area (Å²) in [7, 11) is 1.81. The Hall–Kier alpha value is -3.13. The van der Waals surface area contributed by atoms with Gasteiger partial charge in [0, 0.05) is 46.9 Å². The summed E-state index contributed by atoms with van der Waals surface area (Å²) in [5.74, 6) is -0.443. The maximum Gasteiger partial charge on any atom is 0.254 e. The van der Waals surface area contributed by atoms with E-state index >= 15 is 0 Å². The molecule has 0 aliphatic carbocycles. The number of hydrogen-bond donors (Lipinski definition) is 2. The molecule has 0 fully saturated rings. The van der Waals surface area contributed by atoms with Crippen molar-refractivity contribution in [2.24, 2.45) is 13.0 Å². The van der Waals surface area contributed by atoms with Gasteiger partial charge in [0.15, 0.2) is 0 Å². The second-order valence-corrected chi connectivity index (χ2v) is 8.76. The maximum absolute atomic E-state index is 14.8. The topological polar surface area (TPSA) is 79.3 Å². The number of amides is 2. The van der Waals surface area contributed by atoms with Gasteiger partial charge in [-0.15, -0.1) is 0 Å². The van der Waals surface area contributed by atoms with Crippen molar-refractivity contribution < 1.29 is 14.0 Å². The highest BCUT2D eigenvalue weighted by Gasteiger charge is 2.30. The summed E-state index contributed by atoms with van der Waals surface area (Å²) < 4.78 is 16.5. The van der Waals surface area contributed by atoms with E-state index in [4.69, 9.17) is 11.6 Å². The van der Waals surface area contributed by atoms with Gasteiger partial charge >= 0.3 is 0 Å². The fraction of sp³-hybridized carbons (Fsp3) is 0.375. The number of carbonyl (C=O) groups excluding carboxylic acids is 2. The molecule has 1 aliphatic heterocycles. The minimum atomic E-state index is -0.541. The van der Waals surface area contributed by atoms with Gasteiger partial charge in [0.2, 0.25) is 5.91 Å². The molecule has 1 atom stereocenters. The molecule has 1 unspecified atom stereocenters. The first-order valence-electron chi connectivity index (χ1n) is 10.8. The molecule has 0 spiro atoms. The van der Waals surface area contributed by atoms with Crippen molar-refractivity contribution >= 4 is 29.2 Å². The van der Waals surface area contributed by atoms with Crippen molar-refractivity contribution in [1.29, 1.82) is 0 Å². The van der Waals surface area contributed by atoms with E-state index in [0.717, 1.165) is 17.1 Å². The molecule has 0 saturated heterocycles. The fourth-order valence-electron chi connectivity index (χ4n) is 3.50. The van der Waals surface area contributed by atoms with Crippen LogP contribution in [-0.2, 0) is 24.9 Å². The first kappa shape index (κ1) is 24.5. The molecule has 2 aromatic rings. The number of carbonyl (C=O) groups is 2. The largest absolute Gasteiger partial charge is 0.352 e. The van der Waals surface area contributed by atoms with Gasteiger partial charge < -0.3 is 15.5 Å². The van der Waals surface area contributed by atoms with Gasteiger partial charge in [-0.1, -0.05) is 37.6 Å². The molecule has 2 N–H and O–H groups in total. The number of nitrogens with zero attached hydrogens (tertiary/aromatic N) is 3. The maximum atomic E-state index is 14.8. The average molecular weight is 474 g/mol. The first-order chi connectivity index (χ1) is 15.6. The number of nitrogens with one attached hydrogen (secondary N) is 2. The number of aromatic nitrogens is 2. The molecule has 2 amide bonds. The third-order valence-electron chi connectivity index (χ3n) is 5.64. The van der Waals surface area contributed by atoms with Crippen LogP contribution in [0.15, 0.2) is 47.3 Å². The quantitative estimate of drug-likeness (QED) is 0.678. The van der Waals surface area contributed by atoms with Gasteiger partial charge in [0.05, 0.1) is 18.8 Å². The van der Waals surface area contributed by atoms with Gasteiger partial charge in [0.1, 0.15) is 11.6 Å². The molecule has 176 valence electrons. The molecule has 2 heterocycles. The summed E-state index contributed by atoms with van der Waals surface area (Å²) in [6.07, 6.45) is 5.24. The monoisotopic (exact) mass is 473 g/mol. The van der Waals surface area contributed by atoms with E-state index in [2.05, 4.69) is 15.7 Å². The predicted octanol–water partition coefficient (Wildman–Crippen LogP) is 4.31. The number of halogens is 2. The normalized spacial score (nSPS) is 17.6.